The Morgan fingerprint density at radius 3 is 1.71 bits per heavy atom. The van der Waals surface area contributed by atoms with Crippen LogP contribution < -0.4 is 26.2 Å². The third-order valence-electron chi connectivity index (χ3n) is 10.7. The molecule has 0 spiro atoms. The smallest absolute Gasteiger partial charge is 0.252 e. The summed E-state index contributed by atoms with van der Waals surface area (Å²) in [7, 11) is 0. The summed E-state index contributed by atoms with van der Waals surface area (Å²) in [5, 5.41) is 0. The lowest BCUT2D eigenvalue weighted by Crippen LogP contribution is -2.61. The van der Waals surface area contributed by atoms with Crippen molar-refractivity contribution in [3.8, 4) is 22.3 Å². The highest BCUT2D eigenvalue weighted by Crippen LogP contribution is 2.48. The Morgan fingerprint density at radius 2 is 1.00 bits per heavy atom. The van der Waals surface area contributed by atoms with Crippen LogP contribution in [-0.2, 0) is 5.41 Å². The molecule has 0 bridgehead atoms. The second kappa shape index (κ2) is 11.9. The van der Waals surface area contributed by atoms with Crippen LogP contribution in [0, 0.1) is 13.8 Å². The van der Waals surface area contributed by atoms with E-state index in [4.69, 9.17) is 0 Å². The van der Waals surface area contributed by atoms with E-state index >= 15 is 0 Å². The molecule has 0 N–H and O–H groups in total. The lowest BCUT2D eigenvalue weighted by atomic mass is 9.33. The fourth-order valence-electron chi connectivity index (χ4n) is 8.15. The van der Waals surface area contributed by atoms with E-state index in [1.807, 2.05) is 0 Å². The van der Waals surface area contributed by atoms with Crippen LogP contribution in [0.3, 0.4) is 0 Å². The maximum absolute atomic E-state index is 2.56. The molecule has 0 saturated heterocycles. The second-order valence-electron chi connectivity index (χ2n) is 15.2. The lowest BCUT2D eigenvalue weighted by molar-refractivity contribution is 0.591. The molecule has 3 heteroatoms. The topological polar surface area (TPSA) is 6.48 Å². The zero-order chi connectivity index (χ0) is 34.9. The Balaban J connectivity index is 1.43. The van der Waals surface area contributed by atoms with E-state index < -0.39 is 0 Å². The van der Waals surface area contributed by atoms with E-state index in [0.717, 1.165) is 0 Å². The highest BCUT2D eigenvalue weighted by molar-refractivity contribution is 7.00. The highest BCUT2D eigenvalue weighted by atomic mass is 15.2. The highest BCUT2D eigenvalue weighted by Gasteiger charge is 2.44. The van der Waals surface area contributed by atoms with Gasteiger partial charge in [-0.15, -0.1) is 0 Å². The molecular weight excluding hydrogens is 615 g/mol. The molecule has 7 aromatic rings. The van der Waals surface area contributed by atoms with Crippen molar-refractivity contribution in [3.05, 3.63) is 174 Å². The minimum absolute atomic E-state index is 0.000114. The molecule has 246 valence electrons. The molecule has 2 nitrogen and oxygen atoms in total. The number of benzene rings is 7. The Morgan fingerprint density at radius 1 is 0.431 bits per heavy atom. The van der Waals surface area contributed by atoms with Crippen molar-refractivity contribution in [3.63, 3.8) is 0 Å². The fourth-order valence-corrected chi connectivity index (χ4v) is 8.15. The third-order valence-corrected chi connectivity index (χ3v) is 10.7. The molecule has 0 atom stereocenters. The Kier molecular flexibility index (Phi) is 7.29. The van der Waals surface area contributed by atoms with Gasteiger partial charge in [-0.2, -0.15) is 0 Å². The van der Waals surface area contributed by atoms with Crippen molar-refractivity contribution < 1.29 is 0 Å². The normalized spacial score (nSPS) is 13.1. The molecule has 0 unspecified atom stereocenters. The average molecular weight is 657 g/mol. The molecule has 2 aliphatic heterocycles. The van der Waals surface area contributed by atoms with E-state index in [2.05, 4.69) is 202 Å². The van der Waals surface area contributed by atoms with Gasteiger partial charge >= 0.3 is 0 Å². The van der Waals surface area contributed by atoms with Gasteiger partial charge in [-0.25, -0.2) is 0 Å². The van der Waals surface area contributed by atoms with Crippen molar-refractivity contribution in [1.29, 1.82) is 0 Å². The zero-order valence-electron chi connectivity index (χ0n) is 30.0. The summed E-state index contributed by atoms with van der Waals surface area (Å²) >= 11 is 0. The molecule has 0 amide bonds. The molecule has 0 fully saturated rings. The van der Waals surface area contributed by atoms with Gasteiger partial charge in [0.2, 0.25) is 0 Å². The minimum Gasteiger partial charge on any atom is -0.311 e. The van der Waals surface area contributed by atoms with Crippen LogP contribution >= 0.6 is 0 Å². The number of rotatable bonds is 4. The number of hydrogen-bond acceptors (Lipinski definition) is 2. The van der Waals surface area contributed by atoms with E-state index in [1.54, 1.807) is 0 Å². The summed E-state index contributed by atoms with van der Waals surface area (Å²) in [5.41, 5.74) is 20.0. The van der Waals surface area contributed by atoms with Crippen LogP contribution in [0.1, 0.15) is 37.5 Å². The van der Waals surface area contributed by atoms with Crippen LogP contribution in [0.25, 0.3) is 22.3 Å². The standard InChI is InChI=1S/C48H41BN2/c1-32-20-24-38(25-21-32)50-43-26-22-33(2)28-40(43)49-41-31-37(48(3,4)5)23-27-44(41)51(42-19-13-12-18-39(42)35-16-10-7-11-17-35)46-30-36(29-45(50)47(46)49)34-14-8-6-9-15-34/h6-31H,1-5H3. The Bertz CT molecular complexity index is 2420. The first-order valence-electron chi connectivity index (χ1n) is 18.1. The van der Waals surface area contributed by atoms with Crippen LogP contribution in [0.4, 0.5) is 34.1 Å². The number of anilines is 6. The van der Waals surface area contributed by atoms with Gasteiger partial charge in [-0.3, -0.25) is 0 Å². The van der Waals surface area contributed by atoms with E-state index in [-0.39, 0.29) is 12.1 Å². The zero-order valence-corrected chi connectivity index (χ0v) is 30.0. The molecule has 0 aromatic heterocycles. The Hall–Kier alpha value is -5.80. The summed E-state index contributed by atoms with van der Waals surface area (Å²) in [6.07, 6.45) is 0. The summed E-state index contributed by atoms with van der Waals surface area (Å²) in [6.45, 7) is 11.4. The molecule has 2 aliphatic rings. The monoisotopic (exact) mass is 656 g/mol. The maximum Gasteiger partial charge on any atom is 0.252 e. The summed E-state index contributed by atoms with van der Waals surface area (Å²) in [4.78, 5) is 5.07. The molecular formula is C48H41BN2. The maximum atomic E-state index is 2.56. The number of hydrogen-bond donors (Lipinski definition) is 0. The first kappa shape index (κ1) is 31.2. The lowest BCUT2D eigenvalue weighted by Gasteiger charge is -2.45. The van der Waals surface area contributed by atoms with Gasteiger partial charge in [-0.1, -0.05) is 147 Å². The SMILES string of the molecule is Cc1ccc(N2c3ccc(C)cc3B3c4cc(C(C)(C)C)ccc4N(c4ccccc4-c4ccccc4)c4cc(-c5ccccc5)cc2c43)cc1. The summed E-state index contributed by atoms with van der Waals surface area (Å²) in [6, 6.07) is 58.8. The van der Waals surface area contributed by atoms with E-state index in [0.29, 0.717) is 0 Å². The third kappa shape index (κ3) is 5.19. The molecule has 0 aliphatic carbocycles. The van der Waals surface area contributed by atoms with Crippen molar-refractivity contribution in [1.82, 2.24) is 0 Å². The molecule has 2 heterocycles. The van der Waals surface area contributed by atoms with Crippen molar-refractivity contribution >= 4 is 57.2 Å². The van der Waals surface area contributed by atoms with Crippen LogP contribution in [0.5, 0.6) is 0 Å². The molecule has 0 saturated carbocycles. The van der Waals surface area contributed by atoms with Crippen molar-refractivity contribution in [2.75, 3.05) is 9.80 Å². The van der Waals surface area contributed by atoms with Gasteiger partial charge in [0.15, 0.2) is 0 Å². The number of nitrogens with zero attached hydrogens (tertiary/aromatic N) is 2. The average Bonchev–Trinajstić information content (AvgIpc) is 3.15. The van der Waals surface area contributed by atoms with E-state index in [9.17, 15) is 0 Å². The summed E-state index contributed by atoms with van der Waals surface area (Å²) < 4.78 is 0. The van der Waals surface area contributed by atoms with Gasteiger partial charge in [0.1, 0.15) is 0 Å². The molecule has 7 aromatic carbocycles. The first-order chi connectivity index (χ1) is 24.8. The largest absolute Gasteiger partial charge is 0.311 e. The molecule has 0 radical (unpaired) electrons. The van der Waals surface area contributed by atoms with Gasteiger partial charge < -0.3 is 9.80 Å². The quantitative estimate of drug-likeness (QED) is 0.174. The number of aryl methyl sites for hydroxylation is 2. The minimum atomic E-state index is 0.000114. The number of fused-ring (bicyclic) bond motifs is 4. The van der Waals surface area contributed by atoms with Crippen molar-refractivity contribution in [2.45, 2.75) is 40.0 Å². The fraction of sp³-hybridized carbons (Fsp3) is 0.125. The van der Waals surface area contributed by atoms with Gasteiger partial charge in [-0.05, 0) is 100 Å². The first-order valence-corrected chi connectivity index (χ1v) is 18.1. The van der Waals surface area contributed by atoms with Gasteiger partial charge in [0.05, 0.1) is 5.69 Å². The van der Waals surface area contributed by atoms with Crippen LogP contribution in [0.2, 0.25) is 0 Å². The second-order valence-corrected chi connectivity index (χ2v) is 15.2. The predicted octanol–water partition coefficient (Wildman–Crippen LogP) is 11.0. The summed E-state index contributed by atoms with van der Waals surface area (Å²) in [5.74, 6) is 0. The van der Waals surface area contributed by atoms with Crippen LogP contribution in [-0.4, -0.2) is 6.71 Å². The predicted molar refractivity (Wildman–Crippen MR) is 220 cm³/mol. The molecule has 9 rings (SSSR count). The van der Waals surface area contributed by atoms with Crippen LogP contribution in [0.15, 0.2) is 158 Å². The van der Waals surface area contributed by atoms with Gasteiger partial charge in [0.25, 0.3) is 6.71 Å². The number of para-hydroxylation sites is 1. The van der Waals surface area contributed by atoms with E-state index in [1.165, 1.54) is 89.5 Å². The van der Waals surface area contributed by atoms with Gasteiger partial charge in [0, 0.05) is 34.0 Å². The Labute approximate surface area is 302 Å². The van der Waals surface area contributed by atoms with Crippen molar-refractivity contribution in [2.24, 2.45) is 0 Å². The molecule has 51 heavy (non-hydrogen) atoms.